The van der Waals surface area contributed by atoms with Crippen LogP contribution in [0.2, 0.25) is 0 Å². The van der Waals surface area contributed by atoms with Crippen molar-refractivity contribution in [1.82, 2.24) is 29.7 Å². The Morgan fingerprint density at radius 1 is 1.00 bits per heavy atom. The Morgan fingerprint density at radius 3 is 2.56 bits per heavy atom. The first-order chi connectivity index (χ1) is 13.1. The SMILES string of the molecule is C=c1[nH]c(-c2ccnn2C)nc2c1nc1[nH]cc(-c3ccc(C)cc3)cc12. The number of benzene rings is 1. The van der Waals surface area contributed by atoms with E-state index in [-0.39, 0.29) is 0 Å². The number of nitrogens with one attached hydrogen (secondary N) is 2. The normalized spacial score (nSPS) is 11.5. The highest BCUT2D eigenvalue weighted by atomic mass is 15.3. The molecule has 0 saturated heterocycles. The van der Waals surface area contributed by atoms with E-state index in [1.54, 1.807) is 10.9 Å². The monoisotopic (exact) mass is 354 g/mol. The molecule has 6 nitrogen and oxygen atoms in total. The van der Waals surface area contributed by atoms with Crippen molar-refractivity contribution in [2.24, 2.45) is 7.05 Å². The molecule has 4 aromatic heterocycles. The molecule has 4 heterocycles. The highest BCUT2D eigenvalue weighted by Gasteiger charge is 2.13. The number of hydrogen-bond acceptors (Lipinski definition) is 3. The van der Waals surface area contributed by atoms with Crippen molar-refractivity contribution < 1.29 is 0 Å². The summed E-state index contributed by atoms with van der Waals surface area (Å²) < 4.78 is 1.78. The summed E-state index contributed by atoms with van der Waals surface area (Å²) in [5, 5.41) is 5.94. The van der Waals surface area contributed by atoms with Crippen molar-refractivity contribution in [3.8, 4) is 22.6 Å². The van der Waals surface area contributed by atoms with Crippen molar-refractivity contribution in [2.45, 2.75) is 6.92 Å². The molecule has 5 aromatic rings. The second-order valence-corrected chi connectivity index (χ2v) is 6.73. The standard InChI is InChI=1S/C21H18N6/c1-12-4-6-14(7-5-12)15-10-16-19-18(25-20(16)22-11-15)13(2)24-21(26-19)17-8-9-23-27(17)3/h4-11H,2H2,1,3H3,(H,22,25)(H,24,26). The molecule has 27 heavy (non-hydrogen) atoms. The predicted octanol–water partition coefficient (Wildman–Crippen LogP) is 3.51. The van der Waals surface area contributed by atoms with Crippen LogP contribution in [0.4, 0.5) is 0 Å². The van der Waals surface area contributed by atoms with Crippen LogP contribution < -0.4 is 5.35 Å². The van der Waals surface area contributed by atoms with Gasteiger partial charge in [0, 0.05) is 24.8 Å². The van der Waals surface area contributed by atoms with E-state index < -0.39 is 0 Å². The highest BCUT2D eigenvalue weighted by molar-refractivity contribution is 6.04. The molecular formula is C21H18N6. The van der Waals surface area contributed by atoms with Gasteiger partial charge in [-0.25, -0.2) is 9.97 Å². The number of rotatable bonds is 2. The van der Waals surface area contributed by atoms with Crippen molar-refractivity contribution in [3.63, 3.8) is 0 Å². The zero-order valence-corrected chi connectivity index (χ0v) is 15.1. The molecule has 0 amide bonds. The van der Waals surface area contributed by atoms with Crippen molar-refractivity contribution in [2.75, 3.05) is 0 Å². The van der Waals surface area contributed by atoms with Crippen molar-refractivity contribution in [1.29, 1.82) is 0 Å². The first-order valence-corrected chi connectivity index (χ1v) is 8.73. The number of pyridine rings is 1. The number of aryl methyl sites for hydroxylation is 2. The number of nitrogens with zero attached hydrogens (tertiary/aromatic N) is 4. The van der Waals surface area contributed by atoms with Crippen LogP contribution in [0.15, 0.2) is 48.8 Å². The van der Waals surface area contributed by atoms with Crippen LogP contribution in [0, 0.1) is 6.92 Å². The fourth-order valence-electron chi connectivity index (χ4n) is 3.36. The average Bonchev–Trinajstić information content (AvgIpc) is 3.26. The third-order valence-corrected chi connectivity index (χ3v) is 4.85. The van der Waals surface area contributed by atoms with E-state index in [4.69, 9.17) is 4.98 Å². The van der Waals surface area contributed by atoms with E-state index in [1.165, 1.54) is 5.56 Å². The minimum Gasteiger partial charge on any atom is -0.345 e. The molecule has 0 aliphatic rings. The Morgan fingerprint density at radius 2 is 1.81 bits per heavy atom. The molecule has 0 radical (unpaired) electrons. The van der Waals surface area contributed by atoms with E-state index in [0.717, 1.165) is 50.1 Å². The molecule has 5 rings (SSSR count). The molecule has 1 aromatic carbocycles. The molecule has 0 fully saturated rings. The van der Waals surface area contributed by atoms with Crippen molar-refractivity contribution in [3.05, 3.63) is 59.7 Å². The van der Waals surface area contributed by atoms with Gasteiger partial charge in [0.15, 0.2) is 5.82 Å². The Bertz CT molecular complexity index is 1350. The summed E-state index contributed by atoms with van der Waals surface area (Å²) in [5.74, 6) is 0.725. The van der Waals surface area contributed by atoms with Gasteiger partial charge in [0.2, 0.25) is 0 Å². The minimum absolute atomic E-state index is 0.725. The predicted molar refractivity (Wildman–Crippen MR) is 108 cm³/mol. The van der Waals surface area contributed by atoms with Crippen LogP contribution in [0.1, 0.15) is 5.56 Å². The van der Waals surface area contributed by atoms with Crippen LogP contribution in [0.5, 0.6) is 0 Å². The van der Waals surface area contributed by atoms with Crippen LogP contribution >= 0.6 is 0 Å². The average molecular weight is 354 g/mol. The molecular weight excluding hydrogens is 336 g/mol. The molecule has 0 aliphatic heterocycles. The van der Waals surface area contributed by atoms with Gasteiger partial charge in [-0.1, -0.05) is 36.4 Å². The Balaban J connectivity index is 1.77. The number of H-pyrrole nitrogens is 2. The third kappa shape index (κ3) is 2.45. The lowest BCUT2D eigenvalue weighted by atomic mass is 10.1. The second kappa shape index (κ2) is 5.67. The topological polar surface area (TPSA) is 75.2 Å². The van der Waals surface area contributed by atoms with Gasteiger partial charge in [-0.3, -0.25) is 4.68 Å². The lowest BCUT2D eigenvalue weighted by Crippen LogP contribution is -2.10. The summed E-state index contributed by atoms with van der Waals surface area (Å²) in [6, 6.07) is 12.5. The molecule has 0 spiro atoms. The summed E-state index contributed by atoms with van der Waals surface area (Å²) in [6.07, 6.45) is 3.73. The first kappa shape index (κ1) is 15.6. The lowest BCUT2D eigenvalue weighted by molar-refractivity contribution is 0.770. The van der Waals surface area contributed by atoms with Crippen LogP contribution in [0.25, 0.3) is 51.3 Å². The molecule has 6 heteroatoms. The Labute approximate surface area is 155 Å². The Hall–Kier alpha value is -3.67. The highest BCUT2D eigenvalue weighted by Crippen LogP contribution is 2.27. The Kier molecular flexibility index (Phi) is 3.27. The molecule has 0 aliphatic carbocycles. The molecule has 0 saturated carbocycles. The van der Waals surface area contributed by atoms with Crippen LogP contribution in [-0.2, 0) is 7.05 Å². The van der Waals surface area contributed by atoms with E-state index >= 15 is 0 Å². The fraction of sp³-hybridized carbons (Fsp3) is 0.0952. The first-order valence-electron chi connectivity index (χ1n) is 8.73. The van der Waals surface area contributed by atoms with Crippen LogP contribution in [0.3, 0.4) is 0 Å². The van der Waals surface area contributed by atoms with Gasteiger partial charge in [0.05, 0.1) is 5.35 Å². The summed E-state index contributed by atoms with van der Waals surface area (Å²) in [6.45, 7) is 6.22. The van der Waals surface area contributed by atoms with E-state index in [0.29, 0.717) is 0 Å². The van der Waals surface area contributed by atoms with E-state index in [1.807, 2.05) is 19.3 Å². The summed E-state index contributed by atoms with van der Waals surface area (Å²) >= 11 is 0. The van der Waals surface area contributed by atoms with Crippen molar-refractivity contribution >= 4 is 28.6 Å². The van der Waals surface area contributed by atoms with Gasteiger partial charge in [-0.05, 0) is 30.2 Å². The minimum atomic E-state index is 0.725. The summed E-state index contributed by atoms with van der Waals surface area (Å²) in [7, 11) is 1.89. The smallest absolute Gasteiger partial charge is 0.156 e. The molecule has 0 atom stereocenters. The number of hydrogen-bond donors (Lipinski definition) is 2. The zero-order valence-electron chi connectivity index (χ0n) is 15.1. The van der Waals surface area contributed by atoms with E-state index in [2.05, 4.69) is 63.9 Å². The largest absolute Gasteiger partial charge is 0.345 e. The fourth-order valence-corrected chi connectivity index (χ4v) is 3.36. The lowest BCUT2D eigenvalue weighted by Gasteiger charge is -2.04. The molecule has 2 N–H and O–H groups in total. The maximum absolute atomic E-state index is 4.84. The summed E-state index contributed by atoms with van der Waals surface area (Å²) in [5.41, 5.74) is 6.78. The third-order valence-electron chi connectivity index (χ3n) is 4.85. The van der Waals surface area contributed by atoms with Gasteiger partial charge in [-0.2, -0.15) is 5.10 Å². The number of fused-ring (bicyclic) bond motifs is 3. The van der Waals surface area contributed by atoms with Gasteiger partial charge in [0.25, 0.3) is 0 Å². The number of aromatic amines is 2. The second-order valence-electron chi connectivity index (χ2n) is 6.73. The zero-order chi connectivity index (χ0) is 18.5. The van der Waals surface area contributed by atoms with Gasteiger partial charge < -0.3 is 9.97 Å². The molecule has 0 bridgehead atoms. The quantitative estimate of drug-likeness (QED) is 0.509. The molecule has 0 unspecified atom stereocenters. The van der Waals surface area contributed by atoms with Gasteiger partial charge in [-0.15, -0.1) is 0 Å². The van der Waals surface area contributed by atoms with E-state index in [9.17, 15) is 0 Å². The van der Waals surface area contributed by atoms with Gasteiger partial charge in [0.1, 0.15) is 22.4 Å². The summed E-state index contributed by atoms with van der Waals surface area (Å²) in [4.78, 5) is 16.1. The maximum atomic E-state index is 4.84. The van der Waals surface area contributed by atoms with Crippen LogP contribution in [-0.4, -0.2) is 29.7 Å². The van der Waals surface area contributed by atoms with Gasteiger partial charge >= 0.3 is 0 Å². The molecule has 132 valence electrons. The maximum Gasteiger partial charge on any atom is 0.156 e. The number of aromatic nitrogens is 6.